The molecule has 0 rings (SSSR count). The molecule has 0 aromatic rings. The molecule has 1 N–H and O–H groups in total. The van der Waals surface area contributed by atoms with E-state index in [1.165, 1.54) is 0 Å². The topological polar surface area (TPSA) is 40.5 Å². The first-order chi connectivity index (χ1) is 6.71. The quantitative estimate of drug-likeness (QED) is 0.800. The van der Waals surface area contributed by atoms with Crippen molar-refractivity contribution >= 4 is 22.0 Å². The number of halogens is 1. The summed E-state index contributed by atoms with van der Waals surface area (Å²) in [6.07, 6.45) is 0.0171. The average Bonchev–Trinajstić information content (AvgIpc) is 1.99. The lowest BCUT2D eigenvalue weighted by molar-refractivity contribution is 0.0531. The number of nitrogens with zero attached hydrogens (tertiary/aromatic N) is 1. The fourth-order valence-electron chi connectivity index (χ4n) is 1.80. The minimum Gasteiger partial charge on any atom is -0.465 e. The van der Waals surface area contributed by atoms with Crippen molar-refractivity contribution in [2.24, 2.45) is 5.92 Å². The zero-order valence-corrected chi connectivity index (χ0v) is 11.8. The van der Waals surface area contributed by atoms with Gasteiger partial charge in [0, 0.05) is 16.9 Å². The van der Waals surface area contributed by atoms with E-state index in [4.69, 9.17) is 0 Å². The van der Waals surface area contributed by atoms with Crippen molar-refractivity contribution in [3.63, 3.8) is 0 Å². The standard InChI is InChI=1S/C11H22BrNO2/c1-8(2)9(6-7-12)13(10(14)15)11(3,4)5/h8-9H,6-7H2,1-5H3,(H,14,15)/t9-/m1/s1. The lowest BCUT2D eigenvalue weighted by Gasteiger charge is -2.41. The van der Waals surface area contributed by atoms with Crippen molar-refractivity contribution in [3.8, 4) is 0 Å². The molecule has 0 aliphatic rings. The minimum absolute atomic E-state index is 0.0712. The van der Waals surface area contributed by atoms with Gasteiger partial charge in [0.25, 0.3) is 0 Å². The lowest BCUT2D eigenvalue weighted by atomic mass is 9.94. The van der Waals surface area contributed by atoms with E-state index >= 15 is 0 Å². The average molecular weight is 280 g/mol. The van der Waals surface area contributed by atoms with E-state index in [0.717, 1.165) is 11.8 Å². The fourth-order valence-corrected chi connectivity index (χ4v) is 2.27. The number of alkyl halides is 1. The van der Waals surface area contributed by atoms with Crippen molar-refractivity contribution in [2.45, 2.75) is 52.6 Å². The molecule has 1 amide bonds. The summed E-state index contributed by atoms with van der Waals surface area (Å²) in [7, 11) is 0. The summed E-state index contributed by atoms with van der Waals surface area (Å²) >= 11 is 3.38. The second kappa shape index (κ2) is 5.73. The van der Waals surface area contributed by atoms with Crippen LogP contribution in [-0.2, 0) is 0 Å². The summed E-state index contributed by atoms with van der Waals surface area (Å²) in [5.74, 6) is 0.331. The molecule has 1 atom stereocenters. The highest BCUT2D eigenvalue weighted by atomic mass is 79.9. The molecule has 0 radical (unpaired) electrons. The summed E-state index contributed by atoms with van der Waals surface area (Å²) in [6.45, 7) is 9.93. The summed E-state index contributed by atoms with van der Waals surface area (Å²) < 4.78 is 0. The van der Waals surface area contributed by atoms with Gasteiger partial charge in [0.2, 0.25) is 0 Å². The molecule has 0 saturated heterocycles. The Morgan fingerprint density at radius 2 is 1.87 bits per heavy atom. The van der Waals surface area contributed by atoms with E-state index in [-0.39, 0.29) is 11.6 Å². The van der Waals surface area contributed by atoms with Crippen molar-refractivity contribution in [1.82, 2.24) is 4.90 Å². The molecule has 0 spiro atoms. The number of amides is 1. The normalized spacial score (nSPS) is 14.1. The first-order valence-corrected chi connectivity index (χ1v) is 6.42. The van der Waals surface area contributed by atoms with E-state index in [0.29, 0.717) is 5.92 Å². The van der Waals surface area contributed by atoms with Gasteiger partial charge in [0.05, 0.1) is 0 Å². The smallest absolute Gasteiger partial charge is 0.407 e. The first-order valence-electron chi connectivity index (χ1n) is 5.30. The number of rotatable bonds is 4. The Kier molecular flexibility index (Phi) is 5.63. The van der Waals surface area contributed by atoms with Crippen LogP contribution >= 0.6 is 15.9 Å². The van der Waals surface area contributed by atoms with Crippen LogP contribution in [0.4, 0.5) is 4.79 Å². The van der Waals surface area contributed by atoms with Crippen LogP contribution in [0, 0.1) is 5.92 Å². The predicted molar refractivity (Wildman–Crippen MR) is 66.7 cm³/mol. The first kappa shape index (κ1) is 14.8. The largest absolute Gasteiger partial charge is 0.465 e. The Morgan fingerprint density at radius 3 is 2.07 bits per heavy atom. The SMILES string of the molecule is CC(C)[C@@H](CCBr)N(C(=O)O)C(C)(C)C. The maximum atomic E-state index is 11.3. The molecule has 0 aliphatic carbocycles. The van der Waals surface area contributed by atoms with E-state index < -0.39 is 6.09 Å². The second-order valence-electron chi connectivity index (χ2n) is 5.11. The molecule has 0 aromatic carbocycles. The summed E-state index contributed by atoms with van der Waals surface area (Å²) in [6, 6.07) is 0.0712. The van der Waals surface area contributed by atoms with Gasteiger partial charge < -0.3 is 10.0 Å². The van der Waals surface area contributed by atoms with Crippen LogP contribution in [0.5, 0.6) is 0 Å². The molecule has 0 saturated carbocycles. The Morgan fingerprint density at radius 1 is 1.40 bits per heavy atom. The molecule has 4 heteroatoms. The number of carbonyl (C=O) groups is 1. The third-order valence-corrected chi connectivity index (χ3v) is 2.89. The maximum Gasteiger partial charge on any atom is 0.407 e. The Balaban J connectivity index is 4.93. The van der Waals surface area contributed by atoms with Gasteiger partial charge in [0.1, 0.15) is 0 Å². The van der Waals surface area contributed by atoms with Gasteiger partial charge in [-0.2, -0.15) is 0 Å². The molecule has 0 unspecified atom stereocenters. The number of carboxylic acid groups (broad SMARTS) is 1. The second-order valence-corrected chi connectivity index (χ2v) is 5.91. The van der Waals surface area contributed by atoms with Crippen LogP contribution in [-0.4, -0.2) is 33.0 Å². The molecule has 0 aliphatic heterocycles. The van der Waals surface area contributed by atoms with Crippen LogP contribution in [0.25, 0.3) is 0 Å². The maximum absolute atomic E-state index is 11.3. The van der Waals surface area contributed by atoms with E-state index in [1.54, 1.807) is 4.90 Å². The van der Waals surface area contributed by atoms with Crippen molar-refractivity contribution < 1.29 is 9.90 Å². The third kappa shape index (κ3) is 4.41. The highest BCUT2D eigenvalue weighted by Gasteiger charge is 2.34. The number of hydrogen-bond acceptors (Lipinski definition) is 1. The van der Waals surface area contributed by atoms with Crippen LogP contribution in [0.3, 0.4) is 0 Å². The molecule has 90 valence electrons. The van der Waals surface area contributed by atoms with E-state index in [2.05, 4.69) is 29.8 Å². The van der Waals surface area contributed by atoms with Crippen LogP contribution in [0.2, 0.25) is 0 Å². The predicted octanol–water partition coefficient (Wildman–Crippen LogP) is 3.57. The monoisotopic (exact) mass is 279 g/mol. The summed E-state index contributed by atoms with van der Waals surface area (Å²) in [5.41, 5.74) is -0.344. The minimum atomic E-state index is -0.831. The molecule has 15 heavy (non-hydrogen) atoms. The van der Waals surface area contributed by atoms with Crippen molar-refractivity contribution in [1.29, 1.82) is 0 Å². The van der Waals surface area contributed by atoms with Crippen molar-refractivity contribution in [2.75, 3.05) is 5.33 Å². The summed E-state index contributed by atoms with van der Waals surface area (Å²) in [5, 5.41) is 10.1. The van der Waals surface area contributed by atoms with Gasteiger partial charge in [0.15, 0.2) is 0 Å². The van der Waals surface area contributed by atoms with E-state index in [1.807, 2.05) is 20.8 Å². The lowest BCUT2D eigenvalue weighted by Crippen LogP contribution is -2.53. The Labute approximate surface area is 101 Å². The van der Waals surface area contributed by atoms with Crippen LogP contribution < -0.4 is 0 Å². The van der Waals surface area contributed by atoms with Gasteiger partial charge in [-0.15, -0.1) is 0 Å². The Hall–Kier alpha value is -0.250. The van der Waals surface area contributed by atoms with Gasteiger partial charge >= 0.3 is 6.09 Å². The van der Waals surface area contributed by atoms with E-state index in [9.17, 15) is 9.90 Å². The van der Waals surface area contributed by atoms with Gasteiger partial charge in [-0.1, -0.05) is 29.8 Å². The fraction of sp³-hybridized carbons (Fsp3) is 0.909. The third-order valence-electron chi connectivity index (χ3n) is 2.43. The molecule has 0 fully saturated rings. The van der Waals surface area contributed by atoms with Gasteiger partial charge in [-0.3, -0.25) is 0 Å². The van der Waals surface area contributed by atoms with Crippen LogP contribution in [0.1, 0.15) is 41.0 Å². The highest BCUT2D eigenvalue weighted by molar-refractivity contribution is 9.09. The highest BCUT2D eigenvalue weighted by Crippen LogP contribution is 2.24. The Bertz CT molecular complexity index is 211. The zero-order valence-electron chi connectivity index (χ0n) is 10.2. The molecule has 0 heterocycles. The van der Waals surface area contributed by atoms with Gasteiger partial charge in [-0.25, -0.2) is 4.79 Å². The number of hydrogen-bond donors (Lipinski definition) is 1. The van der Waals surface area contributed by atoms with Gasteiger partial charge in [-0.05, 0) is 33.1 Å². The zero-order chi connectivity index (χ0) is 12.2. The van der Waals surface area contributed by atoms with Crippen molar-refractivity contribution in [3.05, 3.63) is 0 Å². The molecule has 0 bridgehead atoms. The summed E-state index contributed by atoms with van der Waals surface area (Å²) in [4.78, 5) is 12.8. The van der Waals surface area contributed by atoms with Crippen LogP contribution in [0.15, 0.2) is 0 Å². The molecule has 3 nitrogen and oxygen atoms in total. The molecular formula is C11H22BrNO2. The molecule has 0 aromatic heterocycles. The molecular weight excluding hydrogens is 258 g/mol.